The van der Waals surface area contributed by atoms with E-state index in [9.17, 15) is 5.11 Å². The first-order valence-corrected chi connectivity index (χ1v) is 8.08. The average molecular weight is 325 g/mol. The summed E-state index contributed by atoms with van der Waals surface area (Å²) in [6.07, 6.45) is 7.26. The molecule has 2 aromatic rings. The van der Waals surface area contributed by atoms with Crippen molar-refractivity contribution >= 4 is 11.8 Å². The number of oxime groups is 1. The van der Waals surface area contributed by atoms with E-state index in [2.05, 4.69) is 17.3 Å². The third-order valence-electron chi connectivity index (χ3n) is 3.86. The van der Waals surface area contributed by atoms with Crippen LogP contribution in [0.1, 0.15) is 36.0 Å². The van der Waals surface area contributed by atoms with Crippen molar-refractivity contribution in [2.45, 2.75) is 32.3 Å². The van der Waals surface area contributed by atoms with Gasteiger partial charge < -0.3 is 15.4 Å². The van der Waals surface area contributed by atoms with Crippen LogP contribution in [0.4, 0.5) is 0 Å². The lowest BCUT2D eigenvalue weighted by molar-refractivity contribution is 0.275. The van der Waals surface area contributed by atoms with Gasteiger partial charge in [-0.3, -0.25) is 0 Å². The number of hydrogen-bond acceptors (Lipinski definition) is 4. The first-order chi connectivity index (χ1) is 11.7. The largest absolute Gasteiger partial charge is 0.508 e. The van der Waals surface area contributed by atoms with Crippen LogP contribution < -0.4 is 0 Å². The number of benzene rings is 2. The zero-order valence-electron chi connectivity index (χ0n) is 13.6. The SMILES string of the molecule is OCc1cc(/C=C/C(CCCCc2ccccc2)=N/O)ccc1O. The second kappa shape index (κ2) is 9.53. The molecular formula is C20H23NO3. The fraction of sp³-hybridized carbons (Fsp3) is 0.250. The molecule has 24 heavy (non-hydrogen) atoms. The summed E-state index contributed by atoms with van der Waals surface area (Å²) in [5.74, 6) is 0.0756. The summed E-state index contributed by atoms with van der Waals surface area (Å²) in [5.41, 5.74) is 3.24. The van der Waals surface area contributed by atoms with E-state index in [1.54, 1.807) is 24.3 Å². The molecule has 126 valence electrons. The van der Waals surface area contributed by atoms with Crippen molar-refractivity contribution in [3.63, 3.8) is 0 Å². The molecule has 0 unspecified atom stereocenters. The summed E-state index contributed by atoms with van der Waals surface area (Å²) in [7, 11) is 0. The van der Waals surface area contributed by atoms with E-state index in [0.717, 1.165) is 24.8 Å². The molecule has 0 radical (unpaired) electrons. The van der Waals surface area contributed by atoms with Crippen molar-refractivity contribution < 1.29 is 15.4 Å². The number of aryl methyl sites for hydroxylation is 1. The summed E-state index contributed by atoms with van der Waals surface area (Å²) < 4.78 is 0. The van der Waals surface area contributed by atoms with Crippen LogP contribution in [-0.2, 0) is 13.0 Å². The Bertz CT molecular complexity index is 693. The third kappa shape index (κ3) is 5.56. The molecular weight excluding hydrogens is 302 g/mol. The number of aliphatic hydroxyl groups is 1. The van der Waals surface area contributed by atoms with E-state index < -0.39 is 0 Å². The summed E-state index contributed by atoms with van der Waals surface area (Å²) >= 11 is 0. The normalized spacial score (nSPS) is 12.0. The van der Waals surface area contributed by atoms with Gasteiger partial charge in [-0.1, -0.05) is 47.6 Å². The van der Waals surface area contributed by atoms with Gasteiger partial charge in [0.2, 0.25) is 0 Å². The molecule has 4 nitrogen and oxygen atoms in total. The Labute approximate surface area is 142 Å². The Morgan fingerprint density at radius 3 is 2.54 bits per heavy atom. The molecule has 0 saturated carbocycles. The maximum Gasteiger partial charge on any atom is 0.121 e. The molecule has 4 heteroatoms. The van der Waals surface area contributed by atoms with Crippen LogP contribution in [0.2, 0.25) is 0 Å². The molecule has 0 aliphatic carbocycles. The van der Waals surface area contributed by atoms with Crippen LogP contribution in [0.25, 0.3) is 6.08 Å². The molecule has 0 amide bonds. The number of nitrogens with zero attached hydrogens (tertiary/aromatic N) is 1. The first kappa shape index (κ1) is 17.8. The van der Waals surface area contributed by atoms with Gasteiger partial charge in [-0.2, -0.15) is 0 Å². The molecule has 3 N–H and O–H groups in total. The molecule has 0 saturated heterocycles. The Morgan fingerprint density at radius 2 is 1.83 bits per heavy atom. The molecule has 0 spiro atoms. The van der Waals surface area contributed by atoms with Crippen LogP contribution in [0, 0.1) is 0 Å². The topological polar surface area (TPSA) is 73.1 Å². The number of unbranched alkanes of at least 4 members (excludes halogenated alkanes) is 1. The van der Waals surface area contributed by atoms with Gasteiger partial charge >= 0.3 is 0 Å². The van der Waals surface area contributed by atoms with E-state index >= 15 is 0 Å². The lowest BCUT2D eigenvalue weighted by atomic mass is 10.0. The minimum Gasteiger partial charge on any atom is -0.508 e. The van der Waals surface area contributed by atoms with Crippen molar-refractivity contribution in [1.82, 2.24) is 0 Å². The Hall–Kier alpha value is -2.59. The molecule has 0 bridgehead atoms. The maximum absolute atomic E-state index is 9.55. The number of hydrogen-bond donors (Lipinski definition) is 3. The summed E-state index contributed by atoms with van der Waals surface area (Å²) in [6.45, 7) is -0.214. The standard InChI is InChI=1S/C20H23NO3/c22-15-18-14-17(11-13-20(18)23)10-12-19(21-24)9-5-4-8-16-6-2-1-3-7-16/h1-3,6-7,10-14,22-24H,4-5,8-9,15H2/b12-10+,21-19+. The quantitative estimate of drug-likeness (QED) is 0.295. The van der Waals surface area contributed by atoms with E-state index in [4.69, 9.17) is 10.3 Å². The number of aromatic hydroxyl groups is 1. The van der Waals surface area contributed by atoms with E-state index in [0.29, 0.717) is 17.7 Å². The van der Waals surface area contributed by atoms with Crippen LogP contribution >= 0.6 is 0 Å². The van der Waals surface area contributed by atoms with Crippen molar-refractivity contribution in [3.05, 3.63) is 71.3 Å². The zero-order chi connectivity index (χ0) is 17.2. The molecule has 0 aliphatic rings. The van der Waals surface area contributed by atoms with Crippen molar-refractivity contribution in [2.24, 2.45) is 5.16 Å². The van der Waals surface area contributed by atoms with Crippen molar-refractivity contribution in [2.75, 3.05) is 0 Å². The summed E-state index contributed by atoms with van der Waals surface area (Å²) in [6, 6.07) is 15.3. The van der Waals surface area contributed by atoms with Crippen LogP contribution in [0.5, 0.6) is 5.75 Å². The Balaban J connectivity index is 1.83. The second-order valence-corrected chi connectivity index (χ2v) is 5.66. The van der Waals surface area contributed by atoms with E-state index in [-0.39, 0.29) is 12.4 Å². The monoisotopic (exact) mass is 325 g/mol. The first-order valence-electron chi connectivity index (χ1n) is 8.08. The molecule has 2 aromatic carbocycles. The van der Waals surface area contributed by atoms with Crippen molar-refractivity contribution in [3.8, 4) is 5.75 Å². The van der Waals surface area contributed by atoms with Crippen LogP contribution in [-0.4, -0.2) is 21.1 Å². The highest BCUT2D eigenvalue weighted by Gasteiger charge is 2.01. The smallest absolute Gasteiger partial charge is 0.121 e. The van der Waals surface area contributed by atoms with Gasteiger partial charge in [-0.05, 0) is 55.0 Å². The average Bonchev–Trinajstić information content (AvgIpc) is 2.63. The molecule has 0 fully saturated rings. The molecule has 0 atom stereocenters. The minimum absolute atomic E-state index is 0.0756. The predicted octanol–water partition coefficient (Wildman–Crippen LogP) is 4.14. The van der Waals surface area contributed by atoms with Crippen LogP contribution in [0.15, 0.2) is 59.8 Å². The fourth-order valence-electron chi connectivity index (χ4n) is 2.47. The van der Waals surface area contributed by atoms with E-state index in [1.807, 2.05) is 24.3 Å². The predicted molar refractivity (Wildman–Crippen MR) is 96.3 cm³/mol. The number of allylic oxidation sites excluding steroid dienone is 1. The third-order valence-corrected chi connectivity index (χ3v) is 3.86. The number of aliphatic hydroxyl groups excluding tert-OH is 1. The van der Waals surface area contributed by atoms with Gasteiger partial charge in [0.05, 0.1) is 12.3 Å². The van der Waals surface area contributed by atoms with Gasteiger partial charge in [0, 0.05) is 5.56 Å². The van der Waals surface area contributed by atoms with Gasteiger partial charge in [-0.25, -0.2) is 0 Å². The van der Waals surface area contributed by atoms with Gasteiger partial charge in [0.25, 0.3) is 0 Å². The van der Waals surface area contributed by atoms with E-state index in [1.165, 1.54) is 5.56 Å². The fourth-order valence-corrected chi connectivity index (χ4v) is 2.47. The van der Waals surface area contributed by atoms with Crippen LogP contribution in [0.3, 0.4) is 0 Å². The van der Waals surface area contributed by atoms with Gasteiger partial charge in [0.15, 0.2) is 0 Å². The second-order valence-electron chi connectivity index (χ2n) is 5.66. The van der Waals surface area contributed by atoms with Gasteiger partial charge in [-0.15, -0.1) is 0 Å². The highest BCUT2D eigenvalue weighted by Crippen LogP contribution is 2.19. The summed E-state index contributed by atoms with van der Waals surface area (Å²) in [5, 5.41) is 31.2. The van der Waals surface area contributed by atoms with Crippen molar-refractivity contribution in [1.29, 1.82) is 0 Å². The Kier molecular flexibility index (Phi) is 7.05. The lowest BCUT2D eigenvalue weighted by Crippen LogP contribution is -1.95. The zero-order valence-corrected chi connectivity index (χ0v) is 13.6. The van der Waals surface area contributed by atoms with Gasteiger partial charge in [0.1, 0.15) is 5.75 Å². The number of rotatable bonds is 8. The molecule has 0 heterocycles. The maximum atomic E-state index is 9.55. The molecule has 2 rings (SSSR count). The lowest BCUT2D eigenvalue weighted by Gasteiger charge is -2.03. The molecule has 0 aromatic heterocycles. The number of phenols is 1. The molecule has 0 aliphatic heterocycles. The Morgan fingerprint density at radius 1 is 1.04 bits per heavy atom. The minimum atomic E-state index is -0.214. The highest BCUT2D eigenvalue weighted by atomic mass is 16.4. The highest BCUT2D eigenvalue weighted by molar-refractivity contribution is 5.97. The summed E-state index contributed by atoms with van der Waals surface area (Å²) in [4.78, 5) is 0.